The summed E-state index contributed by atoms with van der Waals surface area (Å²) in [5.74, 6) is 1.09. The highest BCUT2D eigenvalue weighted by atomic mass is 16.6. The first-order valence-electron chi connectivity index (χ1n) is 10.3. The maximum absolute atomic E-state index is 12.6. The number of amides is 1. The summed E-state index contributed by atoms with van der Waals surface area (Å²) >= 11 is 0. The fourth-order valence-electron chi connectivity index (χ4n) is 4.64. The summed E-state index contributed by atoms with van der Waals surface area (Å²) in [6.45, 7) is 6.38. The molecule has 0 radical (unpaired) electrons. The maximum atomic E-state index is 12.6. The van der Waals surface area contributed by atoms with Gasteiger partial charge >= 0.3 is 6.09 Å². The lowest BCUT2D eigenvalue weighted by Crippen LogP contribution is -2.56. The lowest BCUT2D eigenvalue weighted by molar-refractivity contribution is 0.0704. The topological polar surface area (TPSA) is 50.1 Å². The first-order chi connectivity index (χ1) is 13.1. The number of hydrogen-bond donors (Lipinski definition) is 0. The molecular formula is C21H28N4O2. The molecule has 27 heavy (non-hydrogen) atoms. The molecule has 3 aliphatic rings. The van der Waals surface area contributed by atoms with E-state index >= 15 is 0 Å². The number of hydrogen-bond acceptors (Lipinski definition) is 4. The Labute approximate surface area is 160 Å². The van der Waals surface area contributed by atoms with Gasteiger partial charge in [0.2, 0.25) is 0 Å². The summed E-state index contributed by atoms with van der Waals surface area (Å²) in [4.78, 5) is 17.0. The molecule has 0 N–H and O–H groups in total. The van der Waals surface area contributed by atoms with Crippen molar-refractivity contribution in [3.63, 3.8) is 0 Å². The standard InChI is InChI=1S/C21H28N4O2/c1-14(2)13-27-21(26)25-17-5-6-18(25)12-23(11-17)19-7-8-22-24-10-16(9-20(19)24)15-3-4-15/h7-10,14-15,17-18H,3-6,11-13H2,1-2H3. The summed E-state index contributed by atoms with van der Waals surface area (Å²) in [5.41, 5.74) is 3.84. The third-order valence-corrected chi connectivity index (χ3v) is 6.13. The highest BCUT2D eigenvalue weighted by molar-refractivity contribution is 5.75. The Morgan fingerprint density at radius 1 is 1.22 bits per heavy atom. The van der Waals surface area contributed by atoms with E-state index in [-0.39, 0.29) is 18.2 Å². The molecule has 6 heteroatoms. The summed E-state index contributed by atoms with van der Waals surface area (Å²) < 4.78 is 7.55. The number of fused-ring (bicyclic) bond motifs is 3. The minimum absolute atomic E-state index is 0.130. The van der Waals surface area contributed by atoms with Gasteiger partial charge in [-0.2, -0.15) is 5.10 Å². The largest absolute Gasteiger partial charge is 0.449 e. The van der Waals surface area contributed by atoms with Crippen molar-refractivity contribution >= 4 is 17.3 Å². The average molecular weight is 368 g/mol. The van der Waals surface area contributed by atoms with Crippen LogP contribution in [-0.4, -0.2) is 52.4 Å². The van der Waals surface area contributed by atoms with Crippen LogP contribution >= 0.6 is 0 Å². The van der Waals surface area contributed by atoms with Gasteiger partial charge < -0.3 is 9.64 Å². The number of ether oxygens (including phenoxy) is 1. The van der Waals surface area contributed by atoms with E-state index in [1.165, 1.54) is 29.6 Å². The Balaban J connectivity index is 1.37. The van der Waals surface area contributed by atoms with Gasteiger partial charge in [-0.05, 0) is 55.2 Å². The van der Waals surface area contributed by atoms with Crippen molar-refractivity contribution in [2.75, 3.05) is 24.6 Å². The van der Waals surface area contributed by atoms with Gasteiger partial charge in [-0.1, -0.05) is 13.8 Å². The Kier molecular flexibility index (Phi) is 4.02. The molecule has 2 aromatic rings. The Morgan fingerprint density at radius 2 is 1.96 bits per heavy atom. The molecule has 5 rings (SSSR count). The van der Waals surface area contributed by atoms with Crippen LogP contribution in [0.2, 0.25) is 0 Å². The zero-order valence-electron chi connectivity index (χ0n) is 16.2. The third-order valence-electron chi connectivity index (χ3n) is 6.13. The highest BCUT2D eigenvalue weighted by Crippen LogP contribution is 2.42. The highest BCUT2D eigenvalue weighted by Gasteiger charge is 2.44. The van der Waals surface area contributed by atoms with E-state index in [0.717, 1.165) is 31.8 Å². The first kappa shape index (κ1) is 16.9. The molecule has 3 fully saturated rings. The summed E-state index contributed by atoms with van der Waals surface area (Å²) in [7, 11) is 0. The predicted molar refractivity (Wildman–Crippen MR) is 104 cm³/mol. The molecule has 2 saturated heterocycles. The number of nitrogens with zero attached hydrogens (tertiary/aromatic N) is 4. The first-order valence-corrected chi connectivity index (χ1v) is 10.3. The number of piperazine rings is 1. The van der Waals surface area contributed by atoms with Gasteiger partial charge in [0.05, 0.1) is 29.9 Å². The van der Waals surface area contributed by atoms with Crippen LogP contribution in [-0.2, 0) is 4.74 Å². The molecule has 1 saturated carbocycles. The zero-order valence-corrected chi connectivity index (χ0v) is 16.2. The summed E-state index contributed by atoms with van der Waals surface area (Å²) in [6.07, 6.45) is 8.67. The Bertz CT molecular complexity index is 843. The number of aromatic nitrogens is 2. The van der Waals surface area contributed by atoms with Crippen molar-refractivity contribution in [2.45, 2.75) is 57.5 Å². The smallest absolute Gasteiger partial charge is 0.410 e. The van der Waals surface area contributed by atoms with Crippen LogP contribution in [0.4, 0.5) is 10.5 Å². The molecule has 6 nitrogen and oxygen atoms in total. The van der Waals surface area contributed by atoms with Gasteiger partial charge in [0.25, 0.3) is 0 Å². The van der Waals surface area contributed by atoms with E-state index < -0.39 is 0 Å². The molecule has 2 aromatic heterocycles. The normalized spacial score (nSPS) is 24.9. The van der Waals surface area contributed by atoms with Crippen molar-refractivity contribution in [1.29, 1.82) is 0 Å². The zero-order chi connectivity index (χ0) is 18.5. The predicted octanol–water partition coefficient (Wildman–Crippen LogP) is 3.66. The molecule has 2 atom stereocenters. The molecule has 1 aliphatic carbocycles. The van der Waals surface area contributed by atoms with Crippen LogP contribution in [0.1, 0.15) is 51.0 Å². The molecule has 0 aromatic carbocycles. The summed E-state index contributed by atoms with van der Waals surface area (Å²) in [6, 6.07) is 4.92. The van der Waals surface area contributed by atoms with Crippen LogP contribution in [0, 0.1) is 5.92 Å². The molecular weight excluding hydrogens is 340 g/mol. The van der Waals surface area contributed by atoms with Crippen molar-refractivity contribution in [1.82, 2.24) is 14.5 Å². The van der Waals surface area contributed by atoms with Gasteiger partial charge in [-0.25, -0.2) is 9.31 Å². The van der Waals surface area contributed by atoms with E-state index in [2.05, 4.69) is 42.2 Å². The van der Waals surface area contributed by atoms with E-state index in [0.29, 0.717) is 12.5 Å². The minimum Gasteiger partial charge on any atom is -0.449 e. The van der Waals surface area contributed by atoms with E-state index in [1.807, 2.05) is 15.6 Å². The van der Waals surface area contributed by atoms with Crippen molar-refractivity contribution in [3.05, 3.63) is 30.1 Å². The lowest BCUT2D eigenvalue weighted by atomic mass is 10.1. The van der Waals surface area contributed by atoms with Gasteiger partial charge in [-0.15, -0.1) is 0 Å². The van der Waals surface area contributed by atoms with Crippen LogP contribution in [0.3, 0.4) is 0 Å². The second-order valence-electron chi connectivity index (χ2n) is 8.76. The fourth-order valence-corrected chi connectivity index (χ4v) is 4.64. The quantitative estimate of drug-likeness (QED) is 0.826. The van der Waals surface area contributed by atoms with Gasteiger partial charge in [0, 0.05) is 25.5 Å². The van der Waals surface area contributed by atoms with Crippen LogP contribution < -0.4 is 4.90 Å². The molecule has 2 unspecified atom stereocenters. The second kappa shape index (κ2) is 6.43. The van der Waals surface area contributed by atoms with E-state index in [1.54, 1.807) is 0 Å². The van der Waals surface area contributed by atoms with Crippen molar-refractivity contribution < 1.29 is 9.53 Å². The molecule has 144 valence electrons. The maximum Gasteiger partial charge on any atom is 0.410 e. The van der Waals surface area contributed by atoms with Gasteiger partial charge in [0.1, 0.15) is 0 Å². The number of anilines is 1. The molecule has 4 heterocycles. The third kappa shape index (κ3) is 3.05. The van der Waals surface area contributed by atoms with Gasteiger partial charge in [0.15, 0.2) is 0 Å². The number of carbonyl (C=O) groups is 1. The van der Waals surface area contributed by atoms with Crippen LogP contribution in [0.15, 0.2) is 24.5 Å². The van der Waals surface area contributed by atoms with Crippen molar-refractivity contribution in [3.8, 4) is 0 Å². The van der Waals surface area contributed by atoms with Crippen LogP contribution in [0.25, 0.3) is 5.52 Å². The molecule has 2 bridgehead atoms. The second-order valence-corrected chi connectivity index (χ2v) is 8.76. The van der Waals surface area contributed by atoms with Crippen molar-refractivity contribution in [2.24, 2.45) is 5.92 Å². The van der Waals surface area contributed by atoms with E-state index in [9.17, 15) is 4.79 Å². The molecule has 1 amide bonds. The molecule has 2 aliphatic heterocycles. The fraction of sp³-hybridized carbons (Fsp3) is 0.619. The SMILES string of the molecule is CC(C)COC(=O)N1C2CCC1CN(c1ccnn3cc(C4CC4)cc13)C2. The monoisotopic (exact) mass is 368 g/mol. The minimum atomic E-state index is -0.130. The Morgan fingerprint density at radius 3 is 2.63 bits per heavy atom. The Hall–Kier alpha value is -2.24. The van der Waals surface area contributed by atoms with E-state index in [4.69, 9.17) is 4.74 Å². The van der Waals surface area contributed by atoms with Gasteiger partial charge in [-0.3, -0.25) is 4.90 Å². The number of rotatable bonds is 4. The number of carbonyl (C=O) groups excluding carboxylic acids is 1. The molecule has 0 spiro atoms. The van der Waals surface area contributed by atoms with Crippen LogP contribution in [0.5, 0.6) is 0 Å². The lowest BCUT2D eigenvalue weighted by Gasteiger charge is -2.41. The average Bonchev–Trinajstić information content (AvgIpc) is 3.36. The summed E-state index contributed by atoms with van der Waals surface area (Å²) in [5, 5.41) is 4.51.